The van der Waals surface area contributed by atoms with Crippen molar-refractivity contribution in [3.8, 4) is 0 Å². The van der Waals surface area contributed by atoms with Crippen LogP contribution >= 0.6 is 0 Å². The molecule has 0 spiro atoms. The second kappa shape index (κ2) is 28.7. The van der Waals surface area contributed by atoms with Gasteiger partial charge >= 0.3 is 275 Å². The summed E-state index contributed by atoms with van der Waals surface area (Å²) in [7, 11) is 0. The number of rotatable bonds is 0. The Bertz CT molecular complexity index is 1060. The summed E-state index contributed by atoms with van der Waals surface area (Å²) in [4.78, 5) is 0. The zero-order chi connectivity index (χ0) is 36.0. The Morgan fingerprint density at radius 3 is 0.171 bits per heavy atom. The van der Waals surface area contributed by atoms with Crippen LogP contribution in [0.15, 0.2) is 0 Å². The summed E-state index contributed by atoms with van der Waals surface area (Å²) in [6.45, 7) is 0. The second-order valence-corrected chi connectivity index (χ2v) is 26.7. The van der Waals surface area contributed by atoms with Gasteiger partial charge in [-0.25, -0.2) is 0 Å². The average molecular weight is 2070 g/mol. The van der Waals surface area contributed by atoms with E-state index in [0.717, 1.165) is 0 Å². The molecule has 0 aliphatic heterocycles. The Morgan fingerprint density at radius 2 is 0.171 bits per heavy atom. The van der Waals surface area contributed by atoms with Crippen LogP contribution in [0.5, 0.6) is 0 Å². The summed E-state index contributed by atoms with van der Waals surface area (Å²) in [6, 6.07) is 0. The van der Waals surface area contributed by atoms with Gasteiger partial charge in [-0.15, -0.1) is 0 Å². The summed E-state index contributed by atoms with van der Waals surface area (Å²) < 4.78 is 277. The molecule has 0 unspecified atom stereocenters. The molecule has 0 fully saturated rings. The van der Waals surface area contributed by atoms with Gasteiger partial charge < -0.3 is 0 Å². The first-order chi connectivity index (χ1) is 16.0. The van der Waals surface area contributed by atoms with Gasteiger partial charge in [0.25, 0.3) is 0 Å². The van der Waals surface area contributed by atoms with E-state index >= 15 is 0 Å². The topological polar surface area (TPSA) is 642 Å². The van der Waals surface area contributed by atoms with Crippen LogP contribution in [0.1, 0.15) is 0 Å². The number of hydrogen-bond donors (Lipinski definition) is 0. The molecule has 0 radical (unpaired) electrons. The Morgan fingerprint density at radius 1 is 0.171 bits per heavy atom. The molecule has 0 heterocycles. The van der Waals surface area contributed by atoms with Gasteiger partial charge in [-0.05, 0) is 0 Å². The van der Waals surface area contributed by atoms with Gasteiger partial charge in [0.1, 0.15) is 0 Å². The van der Waals surface area contributed by atoms with Crippen LogP contribution in [0, 0.1) is 0 Å². The molecule has 0 saturated carbocycles. The first-order valence-electron chi connectivity index (χ1n) is 5.33. The molecule has 0 bridgehead atoms. The standard InChI is InChI=1S/32O.8W.Zr/q;;;;;;;;;;;;;;;;16*-1;;;;;;;;;+4. The Balaban J connectivity index is -0.0000000406. The van der Waals surface area contributed by atoms with E-state index < -0.39 is 134 Å². The van der Waals surface area contributed by atoms with Crippen LogP contribution in [-0.2, 0) is 215 Å². The van der Waals surface area contributed by atoms with Crippen LogP contribution in [0.3, 0.4) is 0 Å². The monoisotopic (exact) mass is 2070 g/mol. The molecule has 41 heteroatoms. The molecule has 41 heavy (non-hydrogen) atoms. The molecule has 0 rings (SSSR count). The van der Waals surface area contributed by atoms with Gasteiger partial charge in [-0.1, -0.05) is 0 Å². The normalized spacial score (nSPS) is 11.3. The molecule has 256 valence electrons. The predicted molar refractivity (Wildman–Crippen MR) is 11.0 cm³/mol. The van der Waals surface area contributed by atoms with Crippen molar-refractivity contribution in [1.29, 1.82) is 0 Å². The SMILES string of the molecule is [O]=[W](=[O])([O-])[O-].[O]=[W](=[O])([O-])[O-].[O]=[W](=[O])([O-])[O-].[O]=[W](=[O])([O-])[O-].[O]=[W](=[O])([O-])[O-].[O]=[W](=[O])([O-])[O-].[O]=[W](=[O])([O-])[O-].[O]=[W](=[O])([O-])[O-].[Zr+4]. The molecule has 32 nitrogen and oxygen atoms in total. The van der Waals surface area contributed by atoms with Crippen molar-refractivity contribution in [2.75, 3.05) is 0 Å². The van der Waals surface area contributed by atoms with E-state index in [2.05, 4.69) is 0 Å². The van der Waals surface area contributed by atoms with Crippen molar-refractivity contribution < 1.29 is 275 Å². The van der Waals surface area contributed by atoms with Crippen molar-refractivity contribution in [2.45, 2.75) is 0 Å². The van der Waals surface area contributed by atoms with E-state index in [4.69, 9.17) is 115 Å². The molecule has 0 aromatic heterocycles. The van der Waals surface area contributed by atoms with E-state index in [1.54, 1.807) is 0 Å². The van der Waals surface area contributed by atoms with Crippen LogP contribution in [-0.4, -0.2) is 0 Å². The molecule has 0 N–H and O–H groups in total. The van der Waals surface area contributed by atoms with Gasteiger partial charge in [-0.3, -0.25) is 0 Å². The third kappa shape index (κ3) is 10800. The Hall–Kier alpha value is 2.55. The largest absolute Gasteiger partial charge is 4.00 e. The molecule has 0 saturated heterocycles. The summed E-state index contributed by atoms with van der Waals surface area (Å²) in [5.74, 6) is 0. The third-order valence-electron chi connectivity index (χ3n) is 0. The maximum Gasteiger partial charge on any atom is 4.00 e. The van der Waals surface area contributed by atoms with Crippen LogP contribution in [0.25, 0.3) is 0 Å². The smallest absolute Gasteiger partial charge is 4.00 e. The average Bonchev–Trinajstić information content (AvgIpc) is 2.16. The molecular formula is O32W8Zr-12. The second-order valence-electron chi connectivity index (χ2n) is 3.27. The first kappa shape index (κ1) is 66.1. The summed E-state index contributed by atoms with van der Waals surface area (Å²) in [5.41, 5.74) is 0. The molecular weight excluding hydrogens is 2070 g/mol. The molecule has 0 aliphatic carbocycles. The Kier molecular flexibility index (Phi) is 46.3. The van der Waals surface area contributed by atoms with E-state index in [1.807, 2.05) is 0 Å². The molecule has 0 aliphatic rings. The van der Waals surface area contributed by atoms with Crippen molar-refractivity contribution in [3.63, 3.8) is 0 Å². The van der Waals surface area contributed by atoms with Crippen LogP contribution in [0.4, 0.5) is 0 Å². The molecule has 0 amide bonds. The molecule has 0 aromatic rings. The van der Waals surface area contributed by atoms with Crippen molar-refractivity contribution in [2.24, 2.45) is 0 Å². The van der Waals surface area contributed by atoms with Gasteiger partial charge in [0.15, 0.2) is 0 Å². The van der Waals surface area contributed by atoms with Crippen LogP contribution in [0.2, 0.25) is 0 Å². The van der Waals surface area contributed by atoms with Crippen molar-refractivity contribution >= 4 is 0 Å². The molecule has 0 aromatic carbocycles. The third-order valence-corrected chi connectivity index (χ3v) is 0. The van der Waals surface area contributed by atoms with Crippen molar-refractivity contribution in [1.82, 2.24) is 0 Å². The predicted octanol–water partition coefficient (Wildman–Crippen LogP) is -20.9. The quantitative estimate of drug-likeness (QED) is 0.217. The van der Waals surface area contributed by atoms with Gasteiger partial charge in [0.2, 0.25) is 0 Å². The fourth-order valence-electron chi connectivity index (χ4n) is 0. The summed E-state index contributed by atoms with van der Waals surface area (Å²) in [5, 5.41) is 0. The minimum atomic E-state index is -6.17. The fourth-order valence-corrected chi connectivity index (χ4v) is 0. The van der Waals surface area contributed by atoms with E-state index in [1.165, 1.54) is 0 Å². The van der Waals surface area contributed by atoms with Crippen molar-refractivity contribution in [3.05, 3.63) is 0 Å². The summed E-state index contributed by atoms with van der Waals surface area (Å²) in [6.07, 6.45) is 0. The minimum absolute atomic E-state index is 0. The maximum absolute atomic E-state index is 8.65. The first-order valence-corrected chi connectivity index (χ1v) is 43.7. The van der Waals surface area contributed by atoms with Gasteiger partial charge in [0, 0.05) is 0 Å². The minimum Gasteiger partial charge on any atom is 4.00 e. The van der Waals surface area contributed by atoms with Gasteiger partial charge in [-0.2, -0.15) is 0 Å². The van der Waals surface area contributed by atoms with Crippen LogP contribution < -0.4 is 60.2 Å². The maximum atomic E-state index is 8.65. The van der Waals surface area contributed by atoms with E-state index in [9.17, 15) is 0 Å². The number of hydrogen-bond acceptors (Lipinski definition) is 32. The Labute approximate surface area is 270 Å². The zero-order valence-corrected chi connectivity index (χ0v) is 42.8. The van der Waals surface area contributed by atoms with E-state index in [0.29, 0.717) is 0 Å². The zero-order valence-electron chi connectivity index (χ0n) is 16.8. The van der Waals surface area contributed by atoms with E-state index in [-0.39, 0.29) is 26.2 Å². The summed E-state index contributed by atoms with van der Waals surface area (Å²) >= 11 is -49.3. The molecule has 0 atom stereocenters. The fraction of sp³-hybridized carbons (Fsp3) is 0. The van der Waals surface area contributed by atoms with Gasteiger partial charge in [0.05, 0.1) is 0 Å².